The molecule has 1 fully saturated rings. The van der Waals surface area contributed by atoms with Gasteiger partial charge in [-0.3, -0.25) is 4.79 Å². The number of carbonyl (C=O) groups excluding carboxylic acids is 1. The number of rotatable bonds is 5. The van der Waals surface area contributed by atoms with Crippen LogP contribution in [0.25, 0.3) is 0 Å². The Morgan fingerprint density at radius 2 is 2.21 bits per heavy atom. The fourth-order valence-electron chi connectivity index (χ4n) is 1.99. The van der Waals surface area contributed by atoms with E-state index in [1.165, 1.54) is 0 Å². The Morgan fingerprint density at radius 3 is 2.95 bits per heavy atom. The standard InChI is InChI=1S/C14H19NO4/c1-17-13-4-2-3-11(9-13)10-15-19-14(16)12-5-7-18-8-6-12/h2-4,9,12,15H,5-8,10H2,1H3. The van der Waals surface area contributed by atoms with Gasteiger partial charge in [0.05, 0.1) is 19.6 Å². The largest absolute Gasteiger partial charge is 0.497 e. The smallest absolute Gasteiger partial charge is 0.327 e. The molecule has 1 N–H and O–H groups in total. The highest BCUT2D eigenvalue weighted by Gasteiger charge is 2.23. The SMILES string of the molecule is COc1cccc(CNOC(=O)C2CCOCC2)c1. The number of carbonyl (C=O) groups is 1. The Bertz CT molecular complexity index is 416. The van der Waals surface area contributed by atoms with Crippen molar-refractivity contribution in [2.24, 2.45) is 5.92 Å². The van der Waals surface area contributed by atoms with Crippen LogP contribution >= 0.6 is 0 Å². The molecule has 0 radical (unpaired) electrons. The van der Waals surface area contributed by atoms with Gasteiger partial charge in [-0.2, -0.15) is 0 Å². The van der Waals surface area contributed by atoms with Gasteiger partial charge in [0.25, 0.3) is 0 Å². The maximum Gasteiger partial charge on any atom is 0.327 e. The van der Waals surface area contributed by atoms with Crippen LogP contribution in [0.15, 0.2) is 24.3 Å². The quantitative estimate of drug-likeness (QED) is 0.821. The number of hydrogen-bond acceptors (Lipinski definition) is 5. The van der Waals surface area contributed by atoms with Crippen LogP contribution in [0.1, 0.15) is 18.4 Å². The predicted octanol–water partition coefficient (Wildman–Crippen LogP) is 1.67. The van der Waals surface area contributed by atoms with Gasteiger partial charge < -0.3 is 14.3 Å². The topological polar surface area (TPSA) is 56.8 Å². The van der Waals surface area contributed by atoms with Crippen molar-refractivity contribution in [1.82, 2.24) is 5.48 Å². The molecule has 5 nitrogen and oxygen atoms in total. The predicted molar refractivity (Wildman–Crippen MR) is 69.5 cm³/mol. The Labute approximate surface area is 112 Å². The summed E-state index contributed by atoms with van der Waals surface area (Å²) in [5.41, 5.74) is 3.70. The van der Waals surface area contributed by atoms with Gasteiger partial charge in [-0.25, -0.2) is 0 Å². The second-order valence-electron chi connectivity index (χ2n) is 4.48. The minimum Gasteiger partial charge on any atom is -0.497 e. The van der Waals surface area contributed by atoms with Crippen molar-refractivity contribution in [2.75, 3.05) is 20.3 Å². The molecule has 19 heavy (non-hydrogen) atoms. The number of hydroxylamine groups is 1. The molecular weight excluding hydrogens is 246 g/mol. The van der Waals surface area contributed by atoms with Crippen molar-refractivity contribution in [3.05, 3.63) is 29.8 Å². The summed E-state index contributed by atoms with van der Waals surface area (Å²) in [6, 6.07) is 7.61. The van der Waals surface area contributed by atoms with Gasteiger partial charge >= 0.3 is 5.97 Å². The number of methoxy groups -OCH3 is 1. The summed E-state index contributed by atoms with van der Waals surface area (Å²) in [5, 5.41) is 0. The molecule has 1 saturated heterocycles. The van der Waals surface area contributed by atoms with E-state index in [-0.39, 0.29) is 11.9 Å². The second kappa shape index (κ2) is 7.11. The zero-order valence-electron chi connectivity index (χ0n) is 11.1. The van der Waals surface area contributed by atoms with Crippen molar-refractivity contribution < 1.29 is 19.1 Å². The zero-order valence-corrected chi connectivity index (χ0v) is 11.1. The van der Waals surface area contributed by atoms with Crippen LogP contribution in [0.2, 0.25) is 0 Å². The highest BCUT2D eigenvalue weighted by molar-refractivity contribution is 5.72. The van der Waals surface area contributed by atoms with Crippen LogP contribution in [-0.2, 0) is 20.9 Å². The molecule has 1 aromatic carbocycles. The van der Waals surface area contributed by atoms with Gasteiger partial charge in [0.2, 0.25) is 0 Å². The van der Waals surface area contributed by atoms with E-state index in [9.17, 15) is 4.79 Å². The first-order valence-electron chi connectivity index (χ1n) is 6.44. The monoisotopic (exact) mass is 265 g/mol. The molecule has 1 heterocycles. The fraction of sp³-hybridized carbons (Fsp3) is 0.500. The summed E-state index contributed by atoms with van der Waals surface area (Å²) >= 11 is 0. The highest BCUT2D eigenvalue weighted by Crippen LogP contribution is 2.16. The molecule has 5 heteroatoms. The maximum absolute atomic E-state index is 11.7. The summed E-state index contributed by atoms with van der Waals surface area (Å²) in [5.74, 6) is 0.535. The molecule has 0 unspecified atom stereocenters. The fourth-order valence-corrected chi connectivity index (χ4v) is 1.99. The molecule has 0 spiro atoms. The van der Waals surface area contributed by atoms with E-state index in [0.29, 0.717) is 19.8 Å². The van der Waals surface area contributed by atoms with Crippen LogP contribution < -0.4 is 10.2 Å². The lowest BCUT2D eigenvalue weighted by Crippen LogP contribution is -2.29. The first-order valence-corrected chi connectivity index (χ1v) is 6.44. The second-order valence-corrected chi connectivity index (χ2v) is 4.48. The minimum atomic E-state index is -0.203. The lowest BCUT2D eigenvalue weighted by atomic mass is 10.0. The van der Waals surface area contributed by atoms with Crippen LogP contribution in [0.4, 0.5) is 0 Å². The maximum atomic E-state index is 11.7. The summed E-state index contributed by atoms with van der Waals surface area (Å²) in [6.07, 6.45) is 1.47. The molecule has 0 amide bonds. The molecule has 0 atom stereocenters. The normalized spacial score (nSPS) is 16.1. The van der Waals surface area contributed by atoms with Crippen LogP contribution in [-0.4, -0.2) is 26.3 Å². The van der Waals surface area contributed by atoms with E-state index in [4.69, 9.17) is 14.3 Å². The van der Waals surface area contributed by atoms with Crippen molar-refractivity contribution in [2.45, 2.75) is 19.4 Å². The van der Waals surface area contributed by atoms with Gasteiger partial charge in [-0.1, -0.05) is 12.1 Å². The molecule has 1 aliphatic rings. The minimum absolute atomic E-state index is 0.0495. The first kappa shape index (κ1) is 13.8. The first-order chi connectivity index (χ1) is 9.29. The van der Waals surface area contributed by atoms with Crippen molar-refractivity contribution in [3.63, 3.8) is 0 Å². The molecule has 0 saturated carbocycles. The van der Waals surface area contributed by atoms with Crippen molar-refractivity contribution >= 4 is 5.97 Å². The number of hydrogen-bond donors (Lipinski definition) is 1. The number of benzene rings is 1. The third-order valence-corrected chi connectivity index (χ3v) is 3.14. The van der Waals surface area contributed by atoms with Gasteiger partial charge in [0, 0.05) is 13.2 Å². The van der Waals surface area contributed by atoms with E-state index in [2.05, 4.69) is 5.48 Å². The molecule has 2 rings (SSSR count). The van der Waals surface area contributed by atoms with Crippen molar-refractivity contribution in [3.8, 4) is 5.75 Å². The lowest BCUT2D eigenvalue weighted by molar-refractivity contribution is -0.159. The molecular formula is C14H19NO4. The van der Waals surface area contributed by atoms with E-state index in [1.807, 2.05) is 24.3 Å². The molecule has 0 aromatic heterocycles. The zero-order chi connectivity index (χ0) is 13.5. The summed E-state index contributed by atoms with van der Waals surface area (Å²) in [4.78, 5) is 16.8. The third kappa shape index (κ3) is 4.22. The average Bonchev–Trinajstić information content (AvgIpc) is 2.48. The summed E-state index contributed by atoms with van der Waals surface area (Å²) in [6.45, 7) is 1.73. The Morgan fingerprint density at radius 1 is 1.42 bits per heavy atom. The molecule has 0 aliphatic carbocycles. The highest BCUT2D eigenvalue weighted by atomic mass is 16.7. The number of nitrogens with one attached hydrogen (secondary N) is 1. The van der Waals surface area contributed by atoms with Crippen LogP contribution in [0.5, 0.6) is 5.75 Å². The van der Waals surface area contributed by atoms with Gasteiger partial charge in [-0.15, -0.1) is 5.48 Å². The molecule has 1 aliphatic heterocycles. The van der Waals surface area contributed by atoms with E-state index < -0.39 is 0 Å². The molecule has 104 valence electrons. The van der Waals surface area contributed by atoms with Crippen LogP contribution in [0, 0.1) is 5.92 Å². The summed E-state index contributed by atoms with van der Waals surface area (Å²) < 4.78 is 10.3. The van der Waals surface area contributed by atoms with E-state index in [0.717, 1.165) is 24.2 Å². The van der Waals surface area contributed by atoms with Gasteiger partial charge in [0.1, 0.15) is 5.75 Å². The Kier molecular flexibility index (Phi) is 5.18. The number of ether oxygens (including phenoxy) is 2. The van der Waals surface area contributed by atoms with Crippen molar-refractivity contribution in [1.29, 1.82) is 0 Å². The van der Waals surface area contributed by atoms with Gasteiger partial charge in [0.15, 0.2) is 0 Å². The third-order valence-electron chi connectivity index (χ3n) is 3.14. The Hall–Kier alpha value is -1.59. The molecule has 1 aromatic rings. The lowest BCUT2D eigenvalue weighted by Gasteiger charge is -2.20. The van der Waals surface area contributed by atoms with E-state index in [1.54, 1.807) is 7.11 Å². The molecule has 0 bridgehead atoms. The van der Waals surface area contributed by atoms with Gasteiger partial charge in [-0.05, 0) is 30.5 Å². The summed E-state index contributed by atoms with van der Waals surface area (Å²) in [7, 11) is 1.62. The van der Waals surface area contributed by atoms with Crippen LogP contribution in [0.3, 0.4) is 0 Å². The average molecular weight is 265 g/mol. The van der Waals surface area contributed by atoms with E-state index >= 15 is 0 Å². The Balaban J connectivity index is 1.74.